The van der Waals surface area contributed by atoms with E-state index in [4.69, 9.17) is 16.3 Å². The number of halogens is 2. The van der Waals surface area contributed by atoms with Crippen LogP contribution in [0.25, 0.3) is 10.9 Å². The lowest BCUT2D eigenvalue weighted by molar-refractivity contribution is -0.114. The maximum absolute atomic E-state index is 13.6. The Kier molecular flexibility index (Phi) is 6.16. The highest BCUT2D eigenvalue weighted by molar-refractivity contribution is 6.49. The van der Waals surface area contributed by atoms with Gasteiger partial charge in [-0.25, -0.2) is 9.37 Å². The summed E-state index contributed by atoms with van der Waals surface area (Å²) in [5, 5.41) is 0.832. The van der Waals surface area contributed by atoms with Gasteiger partial charge in [0.15, 0.2) is 0 Å². The highest BCUT2D eigenvalue weighted by atomic mass is 35.5. The molecule has 1 amide bonds. The lowest BCUT2D eigenvalue weighted by atomic mass is 10.0. The molecule has 6 nitrogen and oxygen atoms in total. The van der Waals surface area contributed by atoms with Crippen LogP contribution in [0.15, 0.2) is 54.7 Å². The van der Waals surface area contributed by atoms with Crippen molar-refractivity contribution in [3.8, 4) is 5.88 Å². The Balaban J connectivity index is 1.79. The monoisotopic (exact) mass is 465 g/mol. The minimum absolute atomic E-state index is 0.0444. The van der Waals surface area contributed by atoms with Gasteiger partial charge in [0.25, 0.3) is 11.7 Å². The van der Waals surface area contributed by atoms with Gasteiger partial charge in [0.05, 0.1) is 24.9 Å². The van der Waals surface area contributed by atoms with Crippen molar-refractivity contribution >= 4 is 39.9 Å². The minimum Gasteiger partial charge on any atom is -0.481 e. The summed E-state index contributed by atoms with van der Waals surface area (Å²) >= 11 is 6.22. The van der Waals surface area contributed by atoms with Crippen LogP contribution in [-0.4, -0.2) is 28.8 Å². The van der Waals surface area contributed by atoms with E-state index in [1.807, 2.05) is 25.1 Å². The lowest BCUT2D eigenvalue weighted by Crippen LogP contribution is -2.36. The van der Waals surface area contributed by atoms with Crippen LogP contribution in [0.1, 0.15) is 27.2 Å². The predicted molar refractivity (Wildman–Crippen MR) is 125 cm³/mol. The van der Waals surface area contributed by atoms with Gasteiger partial charge in [0.2, 0.25) is 5.88 Å². The molecule has 0 aliphatic rings. The van der Waals surface area contributed by atoms with Crippen molar-refractivity contribution in [2.45, 2.75) is 20.4 Å². The molecule has 0 aliphatic carbocycles. The molecule has 2 aromatic heterocycles. The molecule has 0 saturated heterocycles. The molecule has 1 N–H and O–H groups in total. The fourth-order valence-electron chi connectivity index (χ4n) is 3.74. The number of aromatic nitrogens is 2. The molecule has 33 heavy (non-hydrogen) atoms. The number of nitrogens with one attached hydrogen (secondary N) is 1. The van der Waals surface area contributed by atoms with Crippen molar-refractivity contribution in [3.05, 3.63) is 88.0 Å². The molecule has 0 aliphatic heterocycles. The summed E-state index contributed by atoms with van der Waals surface area (Å²) in [5.41, 5.74) is 3.54. The molecule has 0 fully saturated rings. The summed E-state index contributed by atoms with van der Waals surface area (Å²) in [4.78, 5) is 35.6. The summed E-state index contributed by atoms with van der Waals surface area (Å²) in [6.45, 7) is 3.63. The number of ketones is 1. The number of hydrogen-bond donors (Lipinski definition) is 1. The van der Waals surface area contributed by atoms with Crippen molar-refractivity contribution in [2.75, 3.05) is 12.0 Å². The molecule has 0 radical (unpaired) electrons. The van der Waals surface area contributed by atoms with Crippen molar-refractivity contribution < 1.29 is 18.7 Å². The number of methoxy groups -OCH3 is 1. The van der Waals surface area contributed by atoms with E-state index < -0.39 is 17.5 Å². The zero-order chi connectivity index (χ0) is 23.7. The van der Waals surface area contributed by atoms with E-state index in [1.165, 1.54) is 36.4 Å². The number of anilines is 1. The molecule has 0 saturated carbocycles. The van der Waals surface area contributed by atoms with Crippen LogP contribution in [0.5, 0.6) is 5.88 Å². The maximum atomic E-state index is 13.6. The number of carbonyl (C=O) groups is 2. The van der Waals surface area contributed by atoms with Crippen LogP contribution in [0.4, 0.5) is 10.1 Å². The zero-order valence-electron chi connectivity index (χ0n) is 18.3. The number of aromatic amines is 1. The molecule has 0 spiro atoms. The molecule has 4 aromatic rings. The number of hydrogen-bond acceptors (Lipinski definition) is 4. The minimum atomic E-state index is -0.755. The van der Waals surface area contributed by atoms with Gasteiger partial charge in [-0.15, -0.1) is 0 Å². The number of pyridine rings is 1. The third-order valence-electron chi connectivity index (χ3n) is 5.39. The standard InChI is InChI=1S/C25H21ClFN3O3/c1-14-4-7-21-19(10-14)23(15(2)29-21)24(31)25(32)30(18-8-9-28-22(12-18)33-3)13-16-5-6-17(27)11-20(16)26/h4-12,29H,13H2,1-3H3. The lowest BCUT2D eigenvalue weighted by Gasteiger charge is -2.23. The fourth-order valence-corrected chi connectivity index (χ4v) is 3.97. The van der Waals surface area contributed by atoms with Gasteiger partial charge in [0.1, 0.15) is 5.82 Å². The van der Waals surface area contributed by atoms with E-state index in [9.17, 15) is 14.0 Å². The van der Waals surface area contributed by atoms with Crippen LogP contribution in [0.2, 0.25) is 5.02 Å². The number of fused-ring (bicyclic) bond motifs is 1. The fraction of sp³-hybridized carbons (Fsp3) is 0.160. The molecule has 0 unspecified atom stereocenters. The molecule has 2 heterocycles. The first-order chi connectivity index (χ1) is 15.8. The predicted octanol–water partition coefficient (Wildman–Crippen LogP) is 5.40. The van der Waals surface area contributed by atoms with E-state index >= 15 is 0 Å². The number of benzene rings is 2. The molecule has 8 heteroatoms. The summed E-state index contributed by atoms with van der Waals surface area (Å²) in [5.74, 6) is -1.64. The Bertz CT molecular complexity index is 1380. The largest absolute Gasteiger partial charge is 0.481 e. The van der Waals surface area contributed by atoms with E-state index in [0.29, 0.717) is 27.9 Å². The molecule has 0 bridgehead atoms. The summed E-state index contributed by atoms with van der Waals surface area (Å²) in [6, 6.07) is 12.7. The number of rotatable bonds is 6. The van der Waals surface area contributed by atoms with Crippen molar-refractivity contribution in [1.82, 2.24) is 9.97 Å². The van der Waals surface area contributed by atoms with Gasteiger partial charge < -0.3 is 14.6 Å². The van der Waals surface area contributed by atoms with E-state index in [-0.39, 0.29) is 17.4 Å². The second-order valence-electron chi connectivity index (χ2n) is 7.69. The molecule has 4 rings (SSSR count). The SMILES string of the molecule is COc1cc(N(Cc2ccc(F)cc2Cl)C(=O)C(=O)c2c(C)[nH]c3ccc(C)cc23)ccn1. The number of H-pyrrole nitrogens is 1. The van der Waals surface area contributed by atoms with Crippen molar-refractivity contribution in [3.63, 3.8) is 0 Å². The van der Waals surface area contributed by atoms with E-state index in [2.05, 4.69) is 9.97 Å². The number of nitrogens with zero attached hydrogens (tertiary/aromatic N) is 2. The molecule has 0 atom stereocenters. The second-order valence-corrected chi connectivity index (χ2v) is 8.09. The number of carbonyl (C=O) groups excluding carboxylic acids is 2. The summed E-state index contributed by atoms with van der Waals surface area (Å²) in [7, 11) is 1.46. The average Bonchev–Trinajstić information content (AvgIpc) is 3.12. The number of ether oxygens (including phenoxy) is 1. The maximum Gasteiger partial charge on any atom is 0.299 e. The van der Waals surface area contributed by atoms with Crippen LogP contribution in [0.3, 0.4) is 0 Å². The molecular weight excluding hydrogens is 445 g/mol. The summed E-state index contributed by atoms with van der Waals surface area (Å²) < 4.78 is 18.7. The van der Waals surface area contributed by atoms with Crippen LogP contribution in [0, 0.1) is 19.7 Å². The van der Waals surface area contributed by atoms with Gasteiger partial charge in [-0.3, -0.25) is 9.59 Å². The van der Waals surface area contributed by atoms with Crippen LogP contribution >= 0.6 is 11.6 Å². The quantitative estimate of drug-likeness (QED) is 0.306. The molecule has 2 aromatic carbocycles. The number of aryl methyl sites for hydroxylation is 2. The second kappa shape index (κ2) is 9.03. The number of Topliss-reactive ketones (excluding diaryl/α,β-unsaturated/α-hetero) is 1. The number of amides is 1. The molecule has 168 valence electrons. The Labute approximate surface area is 195 Å². The highest BCUT2D eigenvalue weighted by Crippen LogP contribution is 2.28. The topological polar surface area (TPSA) is 75.3 Å². The normalized spacial score (nSPS) is 10.9. The van der Waals surface area contributed by atoms with Gasteiger partial charge in [0, 0.05) is 33.9 Å². The van der Waals surface area contributed by atoms with Crippen molar-refractivity contribution in [1.29, 1.82) is 0 Å². The smallest absolute Gasteiger partial charge is 0.299 e. The van der Waals surface area contributed by atoms with Crippen molar-refractivity contribution in [2.24, 2.45) is 0 Å². The van der Waals surface area contributed by atoms with Gasteiger partial charge in [-0.05, 0) is 49.7 Å². The Morgan fingerprint density at radius 2 is 1.91 bits per heavy atom. The first-order valence-corrected chi connectivity index (χ1v) is 10.6. The Hall–Kier alpha value is -3.71. The third kappa shape index (κ3) is 4.45. The highest BCUT2D eigenvalue weighted by Gasteiger charge is 2.29. The van der Waals surface area contributed by atoms with Gasteiger partial charge in [-0.1, -0.05) is 29.3 Å². The molecular formula is C25H21ClFN3O3. The summed E-state index contributed by atoms with van der Waals surface area (Å²) in [6.07, 6.45) is 1.48. The van der Waals surface area contributed by atoms with E-state index in [1.54, 1.807) is 19.1 Å². The van der Waals surface area contributed by atoms with Crippen LogP contribution in [-0.2, 0) is 11.3 Å². The Morgan fingerprint density at radius 1 is 1.12 bits per heavy atom. The van der Waals surface area contributed by atoms with Gasteiger partial charge >= 0.3 is 0 Å². The third-order valence-corrected chi connectivity index (χ3v) is 5.74. The Morgan fingerprint density at radius 3 is 2.64 bits per heavy atom. The van der Waals surface area contributed by atoms with Crippen LogP contribution < -0.4 is 9.64 Å². The van der Waals surface area contributed by atoms with E-state index in [0.717, 1.165) is 11.1 Å². The average molecular weight is 466 g/mol. The first kappa shape index (κ1) is 22.5. The first-order valence-electron chi connectivity index (χ1n) is 10.2. The van der Waals surface area contributed by atoms with Gasteiger partial charge in [-0.2, -0.15) is 0 Å². The zero-order valence-corrected chi connectivity index (χ0v) is 19.0.